The summed E-state index contributed by atoms with van der Waals surface area (Å²) in [4.78, 5) is 9.19. The molecular formula is C15H18N6S. The lowest BCUT2D eigenvalue weighted by Gasteiger charge is -2.35. The van der Waals surface area contributed by atoms with Crippen molar-refractivity contribution in [3.05, 3.63) is 30.1 Å². The molecule has 1 aliphatic heterocycles. The molecule has 0 saturated carbocycles. The van der Waals surface area contributed by atoms with Crippen LogP contribution in [0.1, 0.15) is 5.82 Å². The van der Waals surface area contributed by atoms with Crippen molar-refractivity contribution < 1.29 is 0 Å². The van der Waals surface area contributed by atoms with Gasteiger partial charge in [0.2, 0.25) is 5.95 Å². The first-order chi connectivity index (χ1) is 10.7. The van der Waals surface area contributed by atoms with Crippen LogP contribution in [-0.4, -0.2) is 45.3 Å². The highest BCUT2D eigenvalue weighted by Crippen LogP contribution is 2.30. The van der Waals surface area contributed by atoms with E-state index in [1.54, 1.807) is 11.5 Å². The standard InChI is InChI=1S/C15H18N6S/c1-11-16-15(19(2)17-11)21-9-7-20(8-10-21)14-12-5-3-4-6-13(12)22-18-14/h3-6H,7-10H2,1-2H3. The third-order valence-corrected chi connectivity index (χ3v) is 4.88. The van der Waals surface area contributed by atoms with Gasteiger partial charge in [-0.3, -0.25) is 0 Å². The van der Waals surface area contributed by atoms with Crippen LogP contribution < -0.4 is 9.80 Å². The van der Waals surface area contributed by atoms with E-state index in [0.717, 1.165) is 43.8 Å². The maximum Gasteiger partial charge on any atom is 0.223 e. The number of hydrogen-bond acceptors (Lipinski definition) is 6. The Labute approximate surface area is 133 Å². The van der Waals surface area contributed by atoms with Gasteiger partial charge in [-0.05, 0) is 30.6 Å². The normalized spacial score (nSPS) is 15.7. The summed E-state index contributed by atoms with van der Waals surface area (Å²) in [6.07, 6.45) is 0. The van der Waals surface area contributed by atoms with Crippen LogP contribution in [0.15, 0.2) is 24.3 Å². The number of aryl methyl sites for hydroxylation is 2. The first-order valence-corrected chi connectivity index (χ1v) is 8.21. The summed E-state index contributed by atoms with van der Waals surface area (Å²) in [5.41, 5.74) is 0. The largest absolute Gasteiger partial charge is 0.352 e. The van der Waals surface area contributed by atoms with Gasteiger partial charge in [-0.25, -0.2) is 4.68 Å². The van der Waals surface area contributed by atoms with E-state index in [-0.39, 0.29) is 0 Å². The van der Waals surface area contributed by atoms with Gasteiger partial charge in [-0.1, -0.05) is 12.1 Å². The van der Waals surface area contributed by atoms with Crippen LogP contribution in [0.3, 0.4) is 0 Å². The smallest absolute Gasteiger partial charge is 0.223 e. The number of rotatable bonds is 2. The number of benzene rings is 1. The van der Waals surface area contributed by atoms with Crippen molar-refractivity contribution in [1.82, 2.24) is 19.1 Å². The Morgan fingerprint density at radius 3 is 2.50 bits per heavy atom. The average Bonchev–Trinajstić information content (AvgIpc) is 3.10. The molecule has 1 fully saturated rings. The fraction of sp³-hybridized carbons (Fsp3) is 0.400. The SMILES string of the molecule is Cc1nc(N2CCN(c3nsc4ccccc34)CC2)n(C)n1. The molecule has 0 bridgehead atoms. The molecule has 114 valence electrons. The first kappa shape index (κ1) is 13.5. The second kappa shape index (κ2) is 5.24. The molecule has 2 aromatic heterocycles. The van der Waals surface area contributed by atoms with Gasteiger partial charge in [-0.15, -0.1) is 0 Å². The molecule has 3 heterocycles. The summed E-state index contributed by atoms with van der Waals surface area (Å²) in [7, 11) is 1.95. The molecule has 0 atom stereocenters. The summed E-state index contributed by atoms with van der Waals surface area (Å²) in [5, 5.41) is 5.60. The first-order valence-electron chi connectivity index (χ1n) is 7.44. The third-order valence-electron chi connectivity index (χ3n) is 4.07. The predicted octanol–water partition coefficient (Wildman–Crippen LogP) is 2.06. The zero-order chi connectivity index (χ0) is 15.1. The van der Waals surface area contributed by atoms with Gasteiger partial charge < -0.3 is 9.80 Å². The van der Waals surface area contributed by atoms with E-state index in [9.17, 15) is 0 Å². The fourth-order valence-corrected chi connectivity index (χ4v) is 3.79. The molecule has 3 aromatic rings. The quantitative estimate of drug-likeness (QED) is 0.725. The van der Waals surface area contributed by atoms with Crippen molar-refractivity contribution in [2.24, 2.45) is 7.05 Å². The molecule has 0 amide bonds. The fourth-order valence-electron chi connectivity index (χ4n) is 3.00. The summed E-state index contributed by atoms with van der Waals surface area (Å²) < 4.78 is 7.77. The van der Waals surface area contributed by atoms with Gasteiger partial charge in [0, 0.05) is 38.6 Å². The zero-order valence-corrected chi connectivity index (χ0v) is 13.5. The van der Waals surface area contributed by atoms with Crippen molar-refractivity contribution in [3.8, 4) is 0 Å². The molecule has 22 heavy (non-hydrogen) atoms. The van der Waals surface area contributed by atoms with Gasteiger partial charge >= 0.3 is 0 Å². The molecule has 0 unspecified atom stereocenters. The van der Waals surface area contributed by atoms with Crippen LogP contribution in [0.4, 0.5) is 11.8 Å². The number of anilines is 2. The van der Waals surface area contributed by atoms with Crippen molar-refractivity contribution >= 4 is 33.4 Å². The molecule has 0 aliphatic carbocycles. The van der Waals surface area contributed by atoms with E-state index in [2.05, 4.69) is 48.5 Å². The predicted molar refractivity (Wildman–Crippen MR) is 89.8 cm³/mol. The van der Waals surface area contributed by atoms with E-state index < -0.39 is 0 Å². The Morgan fingerprint density at radius 2 is 1.77 bits per heavy atom. The molecule has 7 heteroatoms. The Kier molecular flexibility index (Phi) is 3.22. The number of piperazine rings is 1. The van der Waals surface area contributed by atoms with Crippen LogP contribution in [0, 0.1) is 6.92 Å². The minimum atomic E-state index is 0.824. The van der Waals surface area contributed by atoms with E-state index in [0.29, 0.717) is 0 Å². The molecular weight excluding hydrogens is 296 g/mol. The van der Waals surface area contributed by atoms with Gasteiger partial charge in [0.1, 0.15) is 11.6 Å². The number of nitrogens with zero attached hydrogens (tertiary/aromatic N) is 6. The lowest BCUT2D eigenvalue weighted by Crippen LogP contribution is -2.47. The van der Waals surface area contributed by atoms with Crippen molar-refractivity contribution in [3.63, 3.8) is 0 Å². The Balaban J connectivity index is 1.53. The lowest BCUT2D eigenvalue weighted by molar-refractivity contribution is 0.617. The number of aromatic nitrogens is 4. The lowest BCUT2D eigenvalue weighted by atomic mass is 10.2. The van der Waals surface area contributed by atoms with Crippen LogP contribution >= 0.6 is 11.5 Å². The van der Waals surface area contributed by atoms with Crippen molar-refractivity contribution in [1.29, 1.82) is 0 Å². The van der Waals surface area contributed by atoms with Gasteiger partial charge in [-0.2, -0.15) is 14.5 Å². The summed E-state index contributed by atoms with van der Waals surface area (Å²) >= 11 is 1.58. The maximum atomic E-state index is 4.65. The topological polar surface area (TPSA) is 50.1 Å². The number of hydrogen-bond donors (Lipinski definition) is 0. The van der Waals surface area contributed by atoms with E-state index in [1.807, 2.05) is 18.7 Å². The number of fused-ring (bicyclic) bond motifs is 1. The summed E-state index contributed by atoms with van der Waals surface area (Å²) in [6, 6.07) is 8.44. The molecule has 0 radical (unpaired) electrons. The Hall–Kier alpha value is -2.15. The molecule has 1 saturated heterocycles. The molecule has 1 aromatic carbocycles. The molecule has 1 aliphatic rings. The summed E-state index contributed by atoms with van der Waals surface area (Å²) in [6.45, 7) is 5.73. The minimum absolute atomic E-state index is 0.824. The van der Waals surface area contributed by atoms with E-state index in [4.69, 9.17) is 0 Å². The monoisotopic (exact) mass is 314 g/mol. The highest BCUT2D eigenvalue weighted by atomic mass is 32.1. The van der Waals surface area contributed by atoms with Crippen LogP contribution in [0.2, 0.25) is 0 Å². The second-order valence-electron chi connectivity index (χ2n) is 5.56. The molecule has 0 spiro atoms. The van der Waals surface area contributed by atoms with E-state index in [1.165, 1.54) is 10.1 Å². The molecule has 6 nitrogen and oxygen atoms in total. The maximum absolute atomic E-state index is 4.65. The van der Waals surface area contributed by atoms with Gasteiger partial charge in [0.25, 0.3) is 0 Å². The van der Waals surface area contributed by atoms with Crippen molar-refractivity contribution in [2.75, 3.05) is 36.0 Å². The van der Waals surface area contributed by atoms with Crippen molar-refractivity contribution in [2.45, 2.75) is 6.92 Å². The highest BCUT2D eigenvalue weighted by Gasteiger charge is 2.23. The Morgan fingerprint density at radius 1 is 1.05 bits per heavy atom. The highest BCUT2D eigenvalue weighted by molar-refractivity contribution is 7.13. The Bertz CT molecular complexity index is 799. The van der Waals surface area contributed by atoms with E-state index >= 15 is 0 Å². The average molecular weight is 314 g/mol. The minimum Gasteiger partial charge on any atom is -0.352 e. The zero-order valence-electron chi connectivity index (χ0n) is 12.7. The molecule has 0 N–H and O–H groups in total. The van der Waals surface area contributed by atoms with Crippen LogP contribution in [0.25, 0.3) is 10.1 Å². The van der Waals surface area contributed by atoms with Crippen LogP contribution in [-0.2, 0) is 7.05 Å². The van der Waals surface area contributed by atoms with Gasteiger partial charge in [0.05, 0.1) is 4.70 Å². The van der Waals surface area contributed by atoms with Gasteiger partial charge in [0.15, 0.2) is 0 Å². The van der Waals surface area contributed by atoms with Crippen LogP contribution in [0.5, 0.6) is 0 Å². The second-order valence-corrected chi connectivity index (χ2v) is 6.36. The third kappa shape index (κ3) is 2.21. The molecule has 4 rings (SSSR count). The summed E-state index contributed by atoms with van der Waals surface area (Å²) in [5.74, 6) is 2.90.